The van der Waals surface area contributed by atoms with Crippen molar-refractivity contribution in [3.05, 3.63) is 111 Å². The van der Waals surface area contributed by atoms with Gasteiger partial charge in [0.15, 0.2) is 0 Å². The van der Waals surface area contributed by atoms with Gasteiger partial charge in [-0.25, -0.2) is 4.68 Å². The van der Waals surface area contributed by atoms with Gasteiger partial charge < -0.3 is 10.1 Å². The number of hydrogen-bond acceptors (Lipinski definition) is 4. The zero-order valence-electron chi connectivity index (χ0n) is 17.1. The van der Waals surface area contributed by atoms with Gasteiger partial charge in [-0.1, -0.05) is 65.2 Å². The average Bonchev–Trinajstić information content (AvgIpc) is 3.26. The molecule has 4 aromatic rings. The second-order valence-corrected chi connectivity index (χ2v) is 8.86. The molecule has 0 saturated heterocycles. The third-order valence-corrected chi connectivity index (χ3v) is 6.39. The molecule has 2 atom stereocenters. The number of nitrogens with zero attached hydrogens (tertiary/aromatic N) is 3. The maximum absolute atomic E-state index is 6.59. The molecular formula is C25H18Cl2N4O. The number of rotatable bonds is 2. The first-order chi connectivity index (χ1) is 15.6. The molecule has 158 valence electrons. The Hall–Kier alpha value is -3.28. The summed E-state index contributed by atoms with van der Waals surface area (Å²) in [7, 11) is 0. The lowest BCUT2D eigenvalue weighted by Gasteiger charge is -2.39. The Morgan fingerprint density at radius 3 is 2.56 bits per heavy atom. The van der Waals surface area contributed by atoms with Crippen LogP contribution in [0.2, 0.25) is 10.0 Å². The van der Waals surface area contributed by atoms with Gasteiger partial charge in [0, 0.05) is 21.2 Å². The minimum absolute atomic E-state index is 0.208. The molecule has 6 rings (SSSR count). The molecule has 3 aromatic carbocycles. The molecule has 0 saturated carbocycles. The van der Waals surface area contributed by atoms with Crippen molar-refractivity contribution in [1.29, 1.82) is 0 Å². The van der Waals surface area contributed by atoms with Crippen LogP contribution in [0.4, 0.5) is 5.95 Å². The van der Waals surface area contributed by atoms with E-state index in [0.29, 0.717) is 16.0 Å². The summed E-state index contributed by atoms with van der Waals surface area (Å²) in [6.45, 7) is 2.08. The Balaban J connectivity index is 1.64. The zero-order valence-corrected chi connectivity index (χ0v) is 18.6. The van der Waals surface area contributed by atoms with Gasteiger partial charge in [0.05, 0.1) is 5.70 Å². The van der Waals surface area contributed by atoms with Crippen LogP contribution >= 0.6 is 23.2 Å². The van der Waals surface area contributed by atoms with Gasteiger partial charge in [-0.15, -0.1) is 0 Å². The minimum Gasteiger partial charge on any atom is -0.480 e. The summed E-state index contributed by atoms with van der Waals surface area (Å²) in [5, 5.41) is 9.33. The zero-order chi connectivity index (χ0) is 21.8. The molecule has 0 radical (unpaired) electrons. The third-order valence-electron chi connectivity index (χ3n) is 5.92. The van der Waals surface area contributed by atoms with Crippen LogP contribution in [0.3, 0.4) is 0 Å². The van der Waals surface area contributed by atoms with Gasteiger partial charge >= 0.3 is 0 Å². The topological polar surface area (TPSA) is 52.0 Å². The molecule has 3 heterocycles. The maximum Gasteiger partial charge on any atom is 0.226 e. The van der Waals surface area contributed by atoms with Crippen LogP contribution in [0.15, 0.2) is 78.6 Å². The predicted octanol–water partition coefficient (Wildman–Crippen LogP) is 6.45. The highest BCUT2D eigenvalue weighted by atomic mass is 35.5. The molecule has 1 aromatic heterocycles. The summed E-state index contributed by atoms with van der Waals surface area (Å²) in [6.07, 6.45) is 1.20. The lowest BCUT2D eigenvalue weighted by Crippen LogP contribution is -2.32. The molecule has 0 bridgehead atoms. The van der Waals surface area contributed by atoms with Crippen LogP contribution in [-0.4, -0.2) is 14.8 Å². The van der Waals surface area contributed by atoms with Crippen LogP contribution in [0, 0.1) is 6.92 Å². The van der Waals surface area contributed by atoms with Crippen molar-refractivity contribution in [3.8, 4) is 5.75 Å². The second kappa shape index (κ2) is 7.40. The van der Waals surface area contributed by atoms with E-state index < -0.39 is 0 Å². The average molecular weight is 461 g/mol. The molecule has 1 N–H and O–H groups in total. The van der Waals surface area contributed by atoms with Crippen molar-refractivity contribution in [2.24, 2.45) is 0 Å². The maximum atomic E-state index is 6.59. The number of aromatic nitrogens is 3. The van der Waals surface area contributed by atoms with Crippen LogP contribution in [0.1, 0.15) is 34.4 Å². The van der Waals surface area contributed by atoms with Crippen molar-refractivity contribution < 1.29 is 4.74 Å². The quantitative estimate of drug-likeness (QED) is 0.373. The summed E-state index contributed by atoms with van der Waals surface area (Å²) < 4.78 is 8.49. The van der Waals surface area contributed by atoms with E-state index in [0.717, 1.165) is 33.7 Å². The van der Waals surface area contributed by atoms with Crippen LogP contribution in [0.5, 0.6) is 5.75 Å². The summed E-state index contributed by atoms with van der Waals surface area (Å²) in [5.74, 6) is 1.42. The molecule has 32 heavy (non-hydrogen) atoms. The van der Waals surface area contributed by atoms with Crippen LogP contribution in [0.25, 0.3) is 5.70 Å². The van der Waals surface area contributed by atoms with Gasteiger partial charge in [-0.2, -0.15) is 10.1 Å². The fraction of sp³-hybridized carbons (Fsp3) is 0.120. The number of halogens is 2. The molecular weight excluding hydrogens is 443 g/mol. The smallest absolute Gasteiger partial charge is 0.226 e. The number of fused-ring (bicyclic) bond motifs is 3. The molecule has 0 amide bonds. The summed E-state index contributed by atoms with van der Waals surface area (Å²) >= 11 is 12.7. The fourth-order valence-corrected chi connectivity index (χ4v) is 4.83. The second-order valence-electron chi connectivity index (χ2n) is 7.99. The first-order valence-electron chi connectivity index (χ1n) is 10.3. The molecule has 0 aliphatic carbocycles. The highest BCUT2D eigenvalue weighted by Gasteiger charge is 2.41. The number of benzene rings is 3. The van der Waals surface area contributed by atoms with E-state index >= 15 is 0 Å². The number of ether oxygens (including phenoxy) is 1. The number of nitrogens with one attached hydrogen (secondary N) is 1. The number of aryl methyl sites for hydroxylation is 1. The van der Waals surface area contributed by atoms with E-state index in [1.807, 2.05) is 47.1 Å². The van der Waals surface area contributed by atoms with E-state index in [4.69, 9.17) is 27.9 Å². The first-order valence-corrected chi connectivity index (χ1v) is 11.0. The van der Waals surface area contributed by atoms with Gasteiger partial charge in [-0.3, -0.25) is 0 Å². The molecule has 0 fully saturated rings. The molecule has 0 unspecified atom stereocenters. The van der Waals surface area contributed by atoms with Crippen molar-refractivity contribution in [2.75, 3.05) is 5.32 Å². The standard InChI is InChI=1S/C25H18Cl2N4O/c1-14-5-7-15(8-6-14)23-21-22(30-25-28-13-29-31(23)25)19-12-18(27)9-10-20(19)32-24(21)16-3-2-4-17(26)11-16/h2-13,23-24H,1H3,(H,28,29,30)/t23-,24+/m1/s1. The Bertz CT molecular complexity index is 1380. The van der Waals surface area contributed by atoms with Crippen molar-refractivity contribution >= 4 is 34.8 Å². The van der Waals surface area contributed by atoms with E-state index in [9.17, 15) is 0 Å². The summed E-state index contributed by atoms with van der Waals surface area (Å²) in [5.41, 5.74) is 6.12. The van der Waals surface area contributed by atoms with Crippen molar-refractivity contribution in [2.45, 2.75) is 19.1 Å². The number of anilines is 1. The van der Waals surface area contributed by atoms with Gasteiger partial charge in [-0.05, 0) is 48.4 Å². The van der Waals surface area contributed by atoms with Crippen LogP contribution < -0.4 is 10.1 Å². The molecule has 7 heteroatoms. The Morgan fingerprint density at radius 2 is 1.75 bits per heavy atom. The van der Waals surface area contributed by atoms with E-state index in [1.54, 1.807) is 6.33 Å². The van der Waals surface area contributed by atoms with Gasteiger partial charge in [0.2, 0.25) is 5.95 Å². The SMILES string of the molecule is Cc1ccc([C@@H]2C3=C(Nc4ncnn42)c2cc(Cl)ccc2O[C@H]3c2cccc(Cl)c2)cc1. The molecule has 2 aliphatic rings. The largest absolute Gasteiger partial charge is 0.480 e. The Kier molecular flexibility index (Phi) is 4.49. The number of hydrogen-bond donors (Lipinski definition) is 1. The highest BCUT2D eigenvalue weighted by molar-refractivity contribution is 6.31. The normalized spacial score (nSPS) is 18.8. The highest BCUT2D eigenvalue weighted by Crippen LogP contribution is 2.51. The lowest BCUT2D eigenvalue weighted by atomic mass is 9.84. The third kappa shape index (κ3) is 3.08. The summed E-state index contributed by atoms with van der Waals surface area (Å²) in [4.78, 5) is 4.46. The Morgan fingerprint density at radius 1 is 0.938 bits per heavy atom. The molecule has 0 spiro atoms. The van der Waals surface area contributed by atoms with E-state index in [-0.39, 0.29) is 12.1 Å². The molecule has 5 nitrogen and oxygen atoms in total. The summed E-state index contributed by atoms with van der Waals surface area (Å²) in [6, 6.07) is 21.7. The monoisotopic (exact) mass is 460 g/mol. The van der Waals surface area contributed by atoms with Crippen molar-refractivity contribution in [1.82, 2.24) is 14.8 Å². The lowest BCUT2D eigenvalue weighted by molar-refractivity contribution is 0.223. The van der Waals surface area contributed by atoms with E-state index in [2.05, 4.69) is 46.6 Å². The fourth-order valence-electron chi connectivity index (χ4n) is 4.46. The van der Waals surface area contributed by atoms with Crippen LogP contribution in [-0.2, 0) is 0 Å². The van der Waals surface area contributed by atoms with Gasteiger partial charge in [0.25, 0.3) is 0 Å². The Labute approximate surface area is 195 Å². The molecule has 2 aliphatic heterocycles. The minimum atomic E-state index is -0.367. The predicted molar refractivity (Wildman–Crippen MR) is 126 cm³/mol. The van der Waals surface area contributed by atoms with Crippen molar-refractivity contribution in [3.63, 3.8) is 0 Å². The van der Waals surface area contributed by atoms with Gasteiger partial charge in [0.1, 0.15) is 24.2 Å². The first kappa shape index (κ1) is 19.4. The van der Waals surface area contributed by atoms with E-state index in [1.165, 1.54) is 5.56 Å².